The van der Waals surface area contributed by atoms with Crippen molar-refractivity contribution in [3.63, 3.8) is 0 Å². The molecule has 0 aliphatic carbocycles. The van der Waals surface area contributed by atoms with Gasteiger partial charge in [0.1, 0.15) is 5.60 Å². The zero-order valence-corrected chi connectivity index (χ0v) is 20.9. The molecule has 180 valence electrons. The summed E-state index contributed by atoms with van der Waals surface area (Å²) in [5.74, 6) is 0. The van der Waals surface area contributed by atoms with E-state index in [9.17, 15) is 4.79 Å². The molecule has 0 spiro atoms. The first-order valence-corrected chi connectivity index (χ1v) is 11.8. The van der Waals surface area contributed by atoms with E-state index in [1.165, 1.54) is 6.21 Å². The first-order chi connectivity index (χ1) is 15.3. The van der Waals surface area contributed by atoms with E-state index in [-0.39, 0.29) is 18.2 Å². The van der Waals surface area contributed by atoms with Crippen LogP contribution in [0.5, 0.6) is 0 Å². The Morgan fingerprint density at radius 2 is 1.76 bits per heavy atom. The summed E-state index contributed by atoms with van der Waals surface area (Å²) in [6, 6.07) is 2.25. The Labute approximate surface area is 197 Å². The minimum atomic E-state index is -0.507. The van der Waals surface area contributed by atoms with Gasteiger partial charge < -0.3 is 29.3 Å². The summed E-state index contributed by atoms with van der Waals surface area (Å²) < 4.78 is 18.1. The number of piperazine rings is 1. The van der Waals surface area contributed by atoms with Crippen molar-refractivity contribution in [1.82, 2.24) is 14.8 Å². The third kappa shape index (κ3) is 4.57. The van der Waals surface area contributed by atoms with Crippen LogP contribution in [0, 0.1) is 5.41 Å². The molecule has 2 bridgehead atoms. The number of hydrogen-bond acceptors (Lipinski definition) is 6. The molecular weight excluding hydrogens is 419 g/mol. The quantitative estimate of drug-likeness (QED) is 0.536. The Morgan fingerprint density at radius 1 is 1.18 bits per heavy atom. The number of amides is 1. The lowest BCUT2D eigenvalue weighted by atomic mass is 9.81. The number of likely N-dealkylation sites (tertiary alicyclic amines) is 1. The normalized spacial score (nSPS) is 26.6. The number of fused-ring (bicyclic) bond motifs is 2. The van der Waals surface area contributed by atoms with Crippen molar-refractivity contribution in [3.05, 3.63) is 24.0 Å². The summed E-state index contributed by atoms with van der Waals surface area (Å²) in [7, 11) is -0.443. The van der Waals surface area contributed by atoms with Gasteiger partial charge in [-0.2, -0.15) is 0 Å². The van der Waals surface area contributed by atoms with Crippen LogP contribution < -0.4 is 5.46 Å². The zero-order chi connectivity index (χ0) is 24.2. The molecule has 4 rings (SSSR count). The van der Waals surface area contributed by atoms with Crippen molar-refractivity contribution >= 4 is 30.6 Å². The first-order valence-electron chi connectivity index (χ1n) is 11.8. The largest absolute Gasteiger partial charge is 0.496 e. The number of rotatable bonds is 4. The Balaban J connectivity index is 1.51. The number of nitrogens with zero attached hydrogens (tertiary/aromatic N) is 2. The van der Waals surface area contributed by atoms with Crippen LogP contribution in [0.4, 0.5) is 4.79 Å². The van der Waals surface area contributed by atoms with Crippen LogP contribution in [0.2, 0.25) is 0 Å². The molecule has 0 saturated carbocycles. The topological polar surface area (TPSA) is 90.9 Å². The predicted octanol–water partition coefficient (Wildman–Crippen LogP) is 3.39. The smallest absolute Gasteiger partial charge is 0.444 e. The average molecular weight is 456 g/mol. The molecule has 1 aromatic rings. The highest BCUT2D eigenvalue weighted by Crippen LogP contribution is 2.37. The number of H-pyrrole nitrogens is 1. The maximum Gasteiger partial charge on any atom is 0.496 e. The number of aromatic amines is 1. The Morgan fingerprint density at radius 3 is 2.27 bits per heavy atom. The Kier molecular flexibility index (Phi) is 5.94. The van der Waals surface area contributed by atoms with Gasteiger partial charge in [-0.15, -0.1) is 0 Å². The van der Waals surface area contributed by atoms with Gasteiger partial charge in [-0.3, -0.25) is 4.90 Å². The summed E-state index contributed by atoms with van der Waals surface area (Å²) in [6.45, 7) is 15.3. The summed E-state index contributed by atoms with van der Waals surface area (Å²) >= 11 is 0. The molecule has 3 aliphatic rings. The minimum Gasteiger partial charge on any atom is -0.444 e. The molecule has 1 aromatic heterocycles. The highest BCUT2D eigenvalue weighted by Gasteiger charge is 2.52. The fourth-order valence-electron chi connectivity index (χ4n) is 4.83. The molecule has 0 radical (unpaired) electrons. The fourth-order valence-corrected chi connectivity index (χ4v) is 4.83. The fraction of sp³-hybridized carbons (Fsp3) is 0.667. The highest BCUT2D eigenvalue weighted by molar-refractivity contribution is 6.62. The van der Waals surface area contributed by atoms with Crippen LogP contribution in [-0.2, 0) is 14.0 Å². The Bertz CT molecular complexity index is 919. The van der Waals surface area contributed by atoms with Crippen molar-refractivity contribution in [2.24, 2.45) is 0 Å². The highest BCUT2D eigenvalue weighted by atomic mass is 16.7. The van der Waals surface area contributed by atoms with Crippen LogP contribution in [0.1, 0.15) is 67.0 Å². The van der Waals surface area contributed by atoms with E-state index in [1.807, 2.05) is 71.7 Å². The molecule has 4 heterocycles. The van der Waals surface area contributed by atoms with Gasteiger partial charge in [0.2, 0.25) is 0 Å². The average Bonchev–Trinajstić information content (AvgIpc) is 3.32. The minimum absolute atomic E-state index is 0.102. The van der Waals surface area contributed by atoms with Crippen LogP contribution in [-0.4, -0.2) is 76.2 Å². The summed E-state index contributed by atoms with van der Waals surface area (Å²) in [6.07, 6.45) is 6.73. The van der Waals surface area contributed by atoms with Gasteiger partial charge in [-0.25, -0.2) is 4.79 Å². The van der Waals surface area contributed by atoms with Crippen LogP contribution in [0.25, 0.3) is 5.70 Å². The third-order valence-corrected chi connectivity index (χ3v) is 7.18. The summed E-state index contributed by atoms with van der Waals surface area (Å²) in [5.41, 5.74) is 1.46. The van der Waals surface area contributed by atoms with E-state index in [1.54, 1.807) is 0 Å². The molecule has 0 aromatic carbocycles. The zero-order valence-electron chi connectivity index (χ0n) is 20.9. The molecule has 1 amide bonds. The van der Waals surface area contributed by atoms with Crippen LogP contribution in [0.3, 0.4) is 0 Å². The van der Waals surface area contributed by atoms with Gasteiger partial charge >= 0.3 is 13.2 Å². The number of hydrogen-bond donors (Lipinski definition) is 2. The lowest BCUT2D eigenvalue weighted by molar-refractivity contribution is 0.00193. The van der Waals surface area contributed by atoms with E-state index >= 15 is 0 Å². The molecule has 2 N–H and O–H groups in total. The maximum absolute atomic E-state index is 12.8. The van der Waals surface area contributed by atoms with Crippen molar-refractivity contribution in [2.75, 3.05) is 13.1 Å². The van der Waals surface area contributed by atoms with Crippen LogP contribution >= 0.6 is 0 Å². The predicted molar refractivity (Wildman–Crippen MR) is 130 cm³/mol. The summed E-state index contributed by atoms with van der Waals surface area (Å²) in [4.78, 5) is 20.4. The number of nitrogens with one attached hydrogen (secondary N) is 2. The van der Waals surface area contributed by atoms with Gasteiger partial charge in [0.15, 0.2) is 0 Å². The van der Waals surface area contributed by atoms with Crippen molar-refractivity contribution in [1.29, 1.82) is 5.41 Å². The van der Waals surface area contributed by atoms with Crippen molar-refractivity contribution in [2.45, 2.75) is 90.2 Å². The SMILES string of the molecule is CC(C)(C)OC(=O)N1C2CCC1CN(/C(=C/C=N)c1cc(B3OC(C)(C)C(C)(C)O3)c[nH]1)C2. The number of ether oxygens (including phenoxy) is 1. The van der Waals surface area contributed by atoms with E-state index in [0.717, 1.165) is 29.7 Å². The number of allylic oxidation sites excluding steroid dienone is 1. The van der Waals surface area contributed by atoms with Crippen molar-refractivity contribution in [3.8, 4) is 0 Å². The molecule has 3 saturated heterocycles. The van der Waals surface area contributed by atoms with E-state index < -0.39 is 23.9 Å². The number of carbonyl (C=O) groups excluding carboxylic acids is 1. The van der Waals surface area contributed by atoms with Gasteiger partial charge in [-0.05, 0) is 73.5 Å². The molecule has 33 heavy (non-hydrogen) atoms. The van der Waals surface area contributed by atoms with Gasteiger partial charge in [0, 0.05) is 31.0 Å². The number of aromatic nitrogens is 1. The van der Waals surface area contributed by atoms with Crippen molar-refractivity contribution < 1.29 is 18.8 Å². The molecular formula is C24H37BN4O4. The molecule has 8 nitrogen and oxygen atoms in total. The van der Waals surface area contributed by atoms with Gasteiger partial charge in [-0.1, -0.05) is 0 Å². The number of carbonyl (C=O) groups is 1. The molecule has 2 unspecified atom stereocenters. The first kappa shape index (κ1) is 23.9. The molecule has 3 aliphatic heterocycles. The maximum atomic E-state index is 12.8. The van der Waals surface area contributed by atoms with E-state index in [0.29, 0.717) is 13.1 Å². The summed E-state index contributed by atoms with van der Waals surface area (Å²) in [5, 5.41) is 7.73. The Hall–Kier alpha value is -2.26. The van der Waals surface area contributed by atoms with E-state index in [2.05, 4.69) is 9.88 Å². The lowest BCUT2D eigenvalue weighted by Gasteiger charge is -2.43. The van der Waals surface area contributed by atoms with Crippen LogP contribution in [0.15, 0.2) is 18.3 Å². The third-order valence-electron chi connectivity index (χ3n) is 7.18. The lowest BCUT2D eigenvalue weighted by Crippen LogP contribution is -2.56. The second kappa shape index (κ2) is 8.20. The van der Waals surface area contributed by atoms with E-state index in [4.69, 9.17) is 19.5 Å². The molecule has 9 heteroatoms. The molecule has 2 atom stereocenters. The second-order valence-electron chi connectivity index (χ2n) is 11.3. The van der Waals surface area contributed by atoms with Gasteiger partial charge in [0.25, 0.3) is 0 Å². The molecule has 3 fully saturated rings. The monoisotopic (exact) mass is 456 g/mol. The second-order valence-corrected chi connectivity index (χ2v) is 11.3. The standard InChI is InChI=1S/C24H37BN4O4/c1-22(2,3)31-21(30)29-17-8-9-18(29)15-28(14-17)20(10-11-26)19-12-16(13-27-19)25-32-23(4,5)24(6,7)33-25/h10-13,17-18,26-27H,8-9,14-15H2,1-7H3/b20-10+,26-11?. The van der Waals surface area contributed by atoms with Gasteiger partial charge in [0.05, 0.1) is 34.7 Å².